The smallest absolute Gasteiger partial charge is 0.272 e. The highest BCUT2D eigenvalue weighted by molar-refractivity contribution is 9.10. The topological polar surface area (TPSA) is 116 Å². The van der Waals surface area contributed by atoms with Gasteiger partial charge in [-0.15, -0.1) is 11.8 Å². The minimum atomic E-state index is -0.496. The Hall–Kier alpha value is -4.67. The molecule has 0 radical (unpaired) electrons. The Balaban J connectivity index is 1.46. The first-order valence-corrected chi connectivity index (χ1v) is 15.5. The van der Waals surface area contributed by atoms with Gasteiger partial charge in [-0.3, -0.25) is 19.2 Å². The van der Waals surface area contributed by atoms with E-state index in [0.29, 0.717) is 29.0 Å². The van der Waals surface area contributed by atoms with Crippen LogP contribution in [0.5, 0.6) is 0 Å². The first kappa shape index (κ1) is 32.2. The summed E-state index contributed by atoms with van der Waals surface area (Å²) >= 11 is 4.82. The Labute approximate surface area is 268 Å². The fourth-order valence-electron chi connectivity index (χ4n) is 4.10. The van der Waals surface area contributed by atoms with E-state index in [1.165, 1.54) is 18.7 Å². The van der Waals surface area contributed by atoms with Crippen LogP contribution in [0.25, 0.3) is 6.08 Å². The highest BCUT2D eigenvalue weighted by Gasteiger charge is 2.19. The number of anilines is 3. The average molecular weight is 672 g/mol. The lowest BCUT2D eigenvalue weighted by Crippen LogP contribution is -2.30. The van der Waals surface area contributed by atoms with Crippen molar-refractivity contribution in [2.24, 2.45) is 0 Å². The summed E-state index contributed by atoms with van der Waals surface area (Å²) in [5.74, 6) is -1.24. The summed E-state index contributed by atoms with van der Waals surface area (Å²) in [7, 11) is 0. The molecule has 4 aromatic carbocycles. The first-order valence-electron chi connectivity index (χ1n) is 13.8. The molecule has 4 N–H and O–H groups in total. The molecule has 0 spiro atoms. The Bertz CT molecular complexity index is 1680. The molecule has 0 saturated heterocycles. The van der Waals surface area contributed by atoms with Crippen molar-refractivity contribution in [3.8, 4) is 0 Å². The summed E-state index contributed by atoms with van der Waals surface area (Å²) in [5.41, 5.74) is 3.00. The average Bonchev–Trinajstić information content (AvgIpc) is 3.01. The number of rotatable bonds is 11. The van der Waals surface area contributed by atoms with Gasteiger partial charge < -0.3 is 21.3 Å². The van der Waals surface area contributed by atoms with Crippen molar-refractivity contribution >= 4 is 74.5 Å². The standard InChI is InChI=1S/C34H31BrN4O4S/c1-3-31(34(43)37-27-17-15-26(16-18-27)36-22(2)40)44-29-14-8-13-28(21-29)38-33(42)30(20-23-9-7-12-25(35)19-23)39-32(41)24-10-5-4-6-11-24/h4-21,31H,3H2,1-2H3,(H,36,40)(H,37,43)(H,38,42)(H,39,41)/b30-20+. The largest absolute Gasteiger partial charge is 0.326 e. The summed E-state index contributed by atoms with van der Waals surface area (Å²) in [6.45, 7) is 3.36. The Morgan fingerprint density at radius 2 is 1.45 bits per heavy atom. The number of hydrogen-bond acceptors (Lipinski definition) is 5. The molecule has 0 fully saturated rings. The van der Waals surface area contributed by atoms with Gasteiger partial charge in [-0.25, -0.2) is 0 Å². The Morgan fingerprint density at radius 3 is 2.11 bits per heavy atom. The predicted octanol–water partition coefficient (Wildman–Crippen LogP) is 7.33. The molecule has 4 aromatic rings. The minimum Gasteiger partial charge on any atom is -0.326 e. The maximum absolute atomic E-state index is 13.5. The van der Waals surface area contributed by atoms with Crippen molar-refractivity contribution < 1.29 is 19.2 Å². The second-order valence-electron chi connectivity index (χ2n) is 9.68. The van der Waals surface area contributed by atoms with Gasteiger partial charge in [0, 0.05) is 38.9 Å². The molecule has 1 atom stereocenters. The van der Waals surface area contributed by atoms with Crippen molar-refractivity contribution in [2.75, 3.05) is 16.0 Å². The van der Waals surface area contributed by atoms with Gasteiger partial charge in [0.1, 0.15) is 5.70 Å². The molecule has 0 bridgehead atoms. The monoisotopic (exact) mass is 670 g/mol. The van der Waals surface area contributed by atoms with Gasteiger partial charge in [0.25, 0.3) is 11.8 Å². The molecule has 8 nitrogen and oxygen atoms in total. The zero-order chi connectivity index (χ0) is 31.5. The van der Waals surface area contributed by atoms with Crippen LogP contribution in [0, 0.1) is 0 Å². The fourth-order valence-corrected chi connectivity index (χ4v) is 5.53. The Kier molecular flexibility index (Phi) is 11.5. The van der Waals surface area contributed by atoms with E-state index < -0.39 is 17.1 Å². The van der Waals surface area contributed by atoms with Crippen molar-refractivity contribution in [1.82, 2.24) is 5.32 Å². The highest BCUT2D eigenvalue weighted by atomic mass is 79.9. The lowest BCUT2D eigenvalue weighted by Gasteiger charge is -2.16. The molecule has 4 amide bonds. The predicted molar refractivity (Wildman–Crippen MR) is 180 cm³/mol. The van der Waals surface area contributed by atoms with Crippen LogP contribution in [0.4, 0.5) is 17.1 Å². The summed E-state index contributed by atoms with van der Waals surface area (Å²) in [4.78, 5) is 51.5. The maximum atomic E-state index is 13.5. The third kappa shape index (κ3) is 9.68. The van der Waals surface area contributed by atoms with Crippen molar-refractivity contribution in [3.05, 3.63) is 124 Å². The summed E-state index contributed by atoms with van der Waals surface area (Å²) in [5, 5.41) is 10.8. The van der Waals surface area contributed by atoms with Crippen LogP contribution in [0.3, 0.4) is 0 Å². The van der Waals surface area contributed by atoms with Crippen molar-refractivity contribution in [3.63, 3.8) is 0 Å². The van der Waals surface area contributed by atoms with E-state index in [2.05, 4.69) is 37.2 Å². The van der Waals surface area contributed by atoms with Crippen LogP contribution in [-0.4, -0.2) is 28.9 Å². The summed E-state index contributed by atoms with van der Waals surface area (Å²) < 4.78 is 0.835. The van der Waals surface area contributed by atoms with E-state index in [1.807, 2.05) is 43.3 Å². The van der Waals surface area contributed by atoms with Crippen molar-refractivity contribution in [2.45, 2.75) is 30.4 Å². The molecule has 0 aliphatic heterocycles. The number of carbonyl (C=O) groups is 4. The van der Waals surface area contributed by atoms with Gasteiger partial charge in [0.05, 0.1) is 5.25 Å². The summed E-state index contributed by atoms with van der Waals surface area (Å²) in [6.07, 6.45) is 2.18. The van der Waals surface area contributed by atoms with Crippen LogP contribution in [0.15, 0.2) is 118 Å². The molecular formula is C34H31BrN4O4S. The minimum absolute atomic E-state index is 0.0744. The SMILES string of the molecule is CCC(Sc1cccc(NC(=O)/C(=C\c2cccc(Br)c2)NC(=O)c2ccccc2)c1)C(=O)Nc1ccc(NC(C)=O)cc1. The van der Waals surface area contributed by atoms with E-state index in [1.54, 1.807) is 72.8 Å². The van der Waals surface area contributed by atoms with Crippen LogP contribution in [0.2, 0.25) is 0 Å². The second kappa shape index (κ2) is 15.7. The molecule has 44 heavy (non-hydrogen) atoms. The number of carbonyl (C=O) groups excluding carboxylic acids is 4. The number of hydrogen-bond donors (Lipinski definition) is 4. The molecule has 224 valence electrons. The lowest BCUT2D eigenvalue weighted by molar-refractivity contribution is -0.116. The number of halogens is 1. The molecule has 0 aliphatic rings. The molecule has 0 aliphatic carbocycles. The van der Waals surface area contributed by atoms with E-state index in [9.17, 15) is 19.2 Å². The molecule has 0 aromatic heterocycles. The number of amides is 4. The van der Waals surface area contributed by atoms with Crippen LogP contribution >= 0.6 is 27.7 Å². The molecule has 1 unspecified atom stereocenters. The maximum Gasteiger partial charge on any atom is 0.272 e. The number of benzene rings is 4. The Morgan fingerprint density at radius 1 is 0.773 bits per heavy atom. The van der Waals surface area contributed by atoms with Gasteiger partial charge in [-0.1, -0.05) is 59.3 Å². The van der Waals surface area contributed by atoms with Gasteiger partial charge in [0.15, 0.2) is 0 Å². The van der Waals surface area contributed by atoms with Gasteiger partial charge in [-0.2, -0.15) is 0 Å². The van der Waals surface area contributed by atoms with E-state index in [0.717, 1.165) is 14.9 Å². The second-order valence-corrected chi connectivity index (χ2v) is 11.9. The fraction of sp³-hybridized carbons (Fsp3) is 0.118. The molecule has 4 rings (SSSR count). The summed E-state index contributed by atoms with van der Waals surface area (Å²) in [6, 6.07) is 30.1. The lowest BCUT2D eigenvalue weighted by atomic mass is 10.1. The number of nitrogens with one attached hydrogen (secondary N) is 4. The van der Waals surface area contributed by atoms with E-state index >= 15 is 0 Å². The zero-order valence-electron chi connectivity index (χ0n) is 24.1. The highest BCUT2D eigenvalue weighted by Crippen LogP contribution is 2.29. The molecular weight excluding hydrogens is 640 g/mol. The quantitative estimate of drug-likeness (QED) is 0.0985. The van der Waals surface area contributed by atoms with E-state index in [4.69, 9.17) is 0 Å². The van der Waals surface area contributed by atoms with Crippen molar-refractivity contribution in [1.29, 1.82) is 0 Å². The van der Waals surface area contributed by atoms with Gasteiger partial charge in [0.2, 0.25) is 11.8 Å². The third-order valence-corrected chi connectivity index (χ3v) is 8.05. The first-order chi connectivity index (χ1) is 21.2. The molecule has 0 saturated carbocycles. The third-order valence-electron chi connectivity index (χ3n) is 6.19. The van der Waals surface area contributed by atoms with Gasteiger partial charge in [-0.05, 0) is 84.8 Å². The zero-order valence-corrected chi connectivity index (χ0v) is 26.5. The van der Waals surface area contributed by atoms with Crippen LogP contribution < -0.4 is 21.3 Å². The molecule has 0 heterocycles. The van der Waals surface area contributed by atoms with Crippen LogP contribution in [-0.2, 0) is 14.4 Å². The molecule has 10 heteroatoms. The number of thioether (sulfide) groups is 1. The van der Waals surface area contributed by atoms with Crippen LogP contribution in [0.1, 0.15) is 36.2 Å². The van der Waals surface area contributed by atoms with Gasteiger partial charge >= 0.3 is 0 Å². The normalized spacial score (nSPS) is 11.7. The van der Waals surface area contributed by atoms with E-state index in [-0.39, 0.29) is 17.5 Å².